The number of Topliss-reactive ketones (excluding diaryl/α,β-unsaturated/α-hetero) is 1. The number of nitrogens with one attached hydrogen (secondary N) is 1. The van der Waals surface area contributed by atoms with Crippen LogP contribution in [0.5, 0.6) is 0 Å². The number of rotatable bonds is 7. The van der Waals surface area contributed by atoms with Crippen LogP contribution in [-0.2, 0) is 16.9 Å². The van der Waals surface area contributed by atoms with Gasteiger partial charge in [0.1, 0.15) is 11.4 Å². The Morgan fingerprint density at radius 2 is 1.80 bits per heavy atom. The number of carbonyl (C=O) groups excluding carboxylic acids is 3. The molecule has 1 aliphatic heterocycles. The van der Waals surface area contributed by atoms with Gasteiger partial charge in [-0.05, 0) is 56.9 Å². The molecule has 1 saturated heterocycles. The highest BCUT2D eigenvalue weighted by Gasteiger charge is 2.49. The van der Waals surface area contributed by atoms with Crippen LogP contribution in [0.25, 0.3) is 0 Å². The van der Waals surface area contributed by atoms with E-state index in [-0.39, 0.29) is 12.3 Å². The van der Waals surface area contributed by atoms with Crippen molar-refractivity contribution in [3.63, 3.8) is 0 Å². The predicted octanol–water partition coefficient (Wildman–Crippen LogP) is 3.94. The van der Waals surface area contributed by atoms with Crippen LogP contribution >= 0.6 is 0 Å². The summed E-state index contributed by atoms with van der Waals surface area (Å²) in [5.74, 6) is -0.703. The van der Waals surface area contributed by atoms with Crippen LogP contribution in [-0.4, -0.2) is 33.7 Å². The van der Waals surface area contributed by atoms with Crippen molar-refractivity contribution in [2.75, 3.05) is 6.54 Å². The lowest BCUT2D eigenvalue weighted by atomic mass is 9.92. The molecular formula is C23H28FN3O3. The van der Waals surface area contributed by atoms with Crippen LogP contribution in [0.3, 0.4) is 0 Å². The van der Waals surface area contributed by atoms with E-state index in [1.54, 1.807) is 6.92 Å². The summed E-state index contributed by atoms with van der Waals surface area (Å²) in [5.41, 5.74) is 1.46. The maximum Gasteiger partial charge on any atom is 0.325 e. The lowest BCUT2D eigenvalue weighted by molar-refractivity contribution is -0.130. The quantitative estimate of drug-likeness (QED) is 0.552. The minimum absolute atomic E-state index is 0.286. The Morgan fingerprint density at radius 3 is 2.40 bits per heavy atom. The summed E-state index contributed by atoms with van der Waals surface area (Å²) in [7, 11) is 0. The molecule has 1 N–H and O–H groups in total. The topological polar surface area (TPSA) is 71.4 Å². The van der Waals surface area contributed by atoms with Crippen molar-refractivity contribution in [3.8, 4) is 0 Å². The Morgan fingerprint density at radius 1 is 1.17 bits per heavy atom. The smallest absolute Gasteiger partial charge is 0.325 e. The molecular weight excluding hydrogens is 385 g/mol. The molecule has 1 aliphatic rings. The summed E-state index contributed by atoms with van der Waals surface area (Å²) in [6.07, 6.45) is 0.993. The maximum atomic E-state index is 13.3. The number of aromatic nitrogens is 1. The van der Waals surface area contributed by atoms with E-state index < -0.39 is 23.3 Å². The summed E-state index contributed by atoms with van der Waals surface area (Å²) in [5, 5.41) is 2.64. The molecule has 6 nitrogen and oxygen atoms in total. The number of ketones is 1. The van der Waals surface area contributed by atoms with Crippen molar-refractivity contribution in [1.29, 1.82) is 0 Å². The summed E-state index contributed by atoms with van der Waals surface area (Å²) < 4.78 is 15.3. The van der Waals surface area contributed by atoms with E-state index in [0.29, 0.717) is 17.0 Å². The molecule has 0 saturated carbocycles. The van der Waals surface area contributed by atoms with E-state index in [1.165, 1.54) is 24.3 Å². The van der Waals surface area contributed by atoms with Crippen LogP contribution in [0.4, 0.5) is 9.18 Å². The number of benzene rings is 1. The van der Waals surface area contributed by atoms with Gasteiger partial charge in [0.05, 0.1) is 6.54 Å². The van der Waals surface area contributed by atoms with E-state index in [4.69, 9.17) is 0 Å². The molecule has 1 fully saturated rings. The minimum atomic E-state index is -1.33. The van der Waals surface area contributed by atoms with Crippen molar-refractivity contribution in [2.24, 2.45) is 5.92 Å². The monoisotopic (exact) mass is 413 g/mol. The zero-order valence-electron chi connectivity index (χ0n) is 18.1. The number of hydrogen-bond donors (Lipinski definition) is 1. The Kier molecular flexibility index (Phi) is 5.83. The Bertz CT molecular complexity index is 994. The Labute approximate surface area is 176 Å². The number of urea groups is 1. The van der Waals surface area contributed by atoms with Crippen molar-refractivity contribution >= 4 is 17.7 Å². The highest BCUT2D eigenvalue weighted by molar-refractivity contribution is 6.11. The number of amides is 3. The average Bonchev–Trinajstić information content (AvgIpc) is 3.08. The molecule has 160 valence electrons. The molecule has 7 heteroatoms. The summed E-state index contributed by atoms with van der Waals surface area (Å²) in [6.45, 7) is 10.2. The van der Waals surface area contributed by atoms with Gasteiger partial charge in [-0.1, -0.05) is 26.0 Å². The van der Waals surface area contributed by atoms with Crippen LogP contribution in [0, 0.1) is 25.6 Å². The highest BCUT2D eigenvalue weighted by atomic mass is 19.1. The zero-order chi connectivity index (χ0) is 22.2. The van der Waals surface area contributed by atoms with Crippen LogP contribution in [0.2, 0.25) is 0 Å². The largest absolute Gasteiger partial charge is 0.348 e. The fourth-order valence-corrected chi connectivity index (χ4v) is 3.86. The lowest BCUT2D eigenvalue weighted by Crippen LogP contribution is -2.41. The normalized spacial score (nSPS) is 19.0. The minimum Gasteiger partial charge on any atom is -0.348 e. The molecule has 30 heavy (non-hydrogen) atoms. The van der Waals surface area contributed by atoms with E-state index >= 15 is 0 Å². The Hall–Kier alpha value is -2.96. The highest BCUT2D eigenvalue weighted by Crippen LogP contribution is 2.29. The summed E-state index contributed by atoms with van der Waals surface area (Å²) in [4.78, 5) is 39.4. The van der Waals surface area contributed by atoms with E-state index in [1.807, 2.05) is 19.9 Å². The molecule has 1 aromatic carbocycles. The molecule has 1 atom stereocenters. The second-order valence-corrected chi connectivity index (χ2v) is 8.50. The maximum absolute atomic E-state index is 13.3. The van der Waals surface area contributed by atoms with Crippen LogP contribution in [0.1, 0.15) is 54.5 Å². The molecule has 0 aliphatic carbocycles. The van der Waals surface area contributed by atoms with Gasteiger partial charge < -0.3 is 9.88 Å². The van der Waals surface area contributed by atoms with Crippen molar-refractivity contribution in [2.45, 2.75) is 53.1 Å². The third-order valence-electron chi connectivity index (χ3n) is 5.80. The van der Waals surface area contributed by atoms with Gasteiger partial charge in [-0.15, -0.1) is 0 Å². The van der Waals surface area contributed by atoms with Gasteiger partial charge >= 0.3 is 6.03 Å². The third kappa shape index (κ3) is 3.88. The van der Waals surface area contributed by atoms with Crippen molar-refractivity contribution in [1.82, 2.24) is 14.8 Å². The Balaban J connectivity index is 1.80. The standard InChI is InChI=1S/C23H28FN3O3/c1-14(2)10-11-26-15(3)12-19(16(26)4)20(28)13-27-21(29)23(5,25-22(27)30)17-6-8-18(24)9-7-17/h6-9,12,14H,10-11,13H2,1-5H3,(H,25,30). The van der Waals surface area contributed by atoms with Gasteiger partial charge in [0.2, 0.25) is 0 Å². The molecule has 3 amide bonds. The first-order valence-corrected chi connectivity index (χ1v) is 10.1. The first kappa shape index (κ1) is 21.7. The second kappa shape index (κ2) is 8.05. The molecule has 2 heterocycles. The molecule has 3 rings (SSSR count). The molecule has 0 spiro atoms. The van der Waals surface area contributed by atoms with E-state index in [2.05, 4.69) is 23.7 Å². The fourth-order valence-electron chi connectivity index (χ4n) is 3.86. The molecule has 0 bridgehead atoms. The van der Waals surface area contributed by atoms with Gasteiger partial charge in [-0.3, -0.25) is 14.5 Å². The van der Waals surface area contributed by atoms with Gasteiger partial charge in [-0.2, -0.15) is 0 Å². The molecule has 1 unspecified atom stereocenters. The average molecular weight is 413 g/mol. The second-order valence-electron chi connectivity index (χ2n) is 8.50. The summed E-state index contributed by atoms with van der Waals surface area (Å²) in [6, 6.07) is 6.58. The summed E-state index contributed by atoms with van der Waals surface area (Å²) >= 11 is 0. The molecule has 0 radical (unpaired) electrons. The third-order valence-corrected chi connectivity index (χ3v) is 5.80. The number of hydrogen-bond acceptors (Lipinski definition) is 3. The first-order valence-electron chi connectivity index (χ1n) is 10.1. The lowest BCUT2D eigenvalue weighted by Gasteiger charge is -2.22. The van der Waals surface area contributed by atoms with Crippen LogP contribution in [0.15, 0.2) is 30.3 Å². The number of imide groups is 1. The first-order chi connectivity index (χ1) is 14.0. The van der Waals surface area contributed by atoms with Gasteiger partial charge in [0.25, 0.3) is 5.91 Å². The predicted molar refractivity (Wildman–Crippen MR) is 112 cm³/mol. The molecule has 1 aromatic heterocycles. The zero-order valence-corrected chi connectivity index (χ0v) is 18.1. The van der Waals surface area contributed by atoms with Crippen molar-refractivity contribution < 1.29 is 18.8 Å². The number of halogens is 1. The van der Waals surface area contributed by atoms with Gasteiger partial charge in [0, 0.05) is 23.5 Å². The number of carbonyl (C=O) groups is 3. The van der Waals surface area contributed by atoms with Crippen molar-refractivity contribution in [3.05, 3.63) is 58.7 Å². The molecule has 2 aromatic rings. The van der Waals surface area contributed by atoms with E-state index in [9.17, 15) is 18.8 Å². The van der Waals surface area contributed by atoms with Gasteiger partial charge in [-0.25, -0.2) is 9.18 Å². The van der Waals surface area contributed by atoms with Crippen LogP contribution < -0.4 is 5.32 Å². The number of aryl methyl sites for hydroxylation is 1. The van der Waals surface area contributed by atoms with E-state index in [0.717, 1.165) is 29.3 Å². The number of nitrogens with zero attached hydrogens (tertiary/aromatic N) is 2. The van der Waals surface area contributed by atoms with Gasteiger partial charge in [0.15, 0.2) is 5.78 Å². The fraction of sp³-hybridized carbons (Fsp3) is 0.435. The SMILES string of the molecule is Cc1cc(C(=O)CN2C(=O)NC(C)(c3ccc(F)cc3)C2=O)c(C)n1CCC(C)C.